The number of carbonyl (C=O) groups excluding carboxylic acids is 1. The minimum Gasteiger partial charge on any atom is -0.394 e. The molecule has 51 heavy (non-hydrogen) atoms. The van der Waals surface area contributed by atoms with Gasteiger partial charge >= 0.3 is 0 Å². The number of aliphatic hydroxyl groups is 8. The molecule has 0 bridgehead atoms. The Balaban J connectivity index is 1.21. The van der Waals surface area contributed by atoms with Gasteiger partial charge in [-0.05, 0) is 97.7 Å². The van der Waals surface area contributed by atoms with Crippen molar-refractivity contribution in [3.63, 3.8) is 0 Å². The highest BCUT2D eigenvalue weighted by atomic mass is 16.8. The molecule has 4 saturated carbocycles. The lowest BCUT2D eigenvalue weighted by molar-refractivity contribution is -0.362. The number of rotatable bonds is 10. The molecule has 0 aromatic heterocycles. The number of aliphatic hydroxyl groups excluding tert-OH is 8. The number of carbonyl (C=O) groups is 1. The lowest BCUT2D eigenvalue weighted by Crippen LogP contribution is -2.63. The van der Waals surface area contributed by atoms with Gasteiger partial charge in [0.2, 0.25) is 0 Å². The van der Waals surface area contributed by atoms with Gasteiger partial charge in [0.05, 0.1) is 31.5 Å². The van der Waals surface area contributed by atoms with Gasteiger partial charge in [-0.15, -0.1) is 0 Å². The van der Waals surface area contributed by atoms with Crippen molar-refractivity contribution in [1.29, 1.82) is 0 Å². The van der Waals surface area contributed by atoms with Crippen LogP contribution in [0, 0.1) is 52.3 Å². The average molecular weight is 729 g/mol. The highest BCUT2D eigenvalue weighted by molar-refractivity contribution is 5.83. The minimum absolute atomic E-state index is 0.0464. The molecule has 0 aromatic carbocycles. The highest BCUT2D eigenvalue weighted by Gasteiger charge is 2.64. The summed E-state index contributed by atoms with van der Waals surface area (Å²) < 4.78 is 24.3. The van der Waals surface area contributed by atoms with Crippen molar-refractivity contribution >= 4 is 5.78 Å². The summed E-state index contributed by atoms with van der Waals surface area (Å²) in [7, 11) is 0. The smallest absolute Gasteiger partial charge is 0.187 e. The van der Waals surface area contributed by atoms with Gasteiger partial charge < -0.3 is 59.8 Å². The van der Waals surface area contributed by atoms with Crippen LogP contribution in [0.1, 0.15) is 92.4 Å². The van der Waals surface area contributed by atoms with Crippen LogP contribution in [-0.2, 0) is 23.7 Å². The zero-order valence-electron chi connectivity index (χ0n) is 30.9. The van der Waals surface area contributed by atoms with Crippen molar-refractivity contribution in [2.45, 2.75) is 166 Å². The molecule has 0 unspecified atom stereocenters. The molecule has 6 aliphatic rings. The van der Waals surface area contributed by atoms with E-state index in [1.54, 1.807) is 0 Å². The molecule has 2 aliphatic heterocycles. The summed E-state index contributed by atoms with van der Waals surface area (Å²) >= 11 is 0. The van der Waals surface area contributed by atoms with E-state index in [-0.39, 0.29) is 53.0 Å². The van der Waals surface area contributed by atoms with Crippen LogP contribution >= 0.6 is 0 Å². The fourth-order valence-electron chi connectivity index (χ4n) is 11.7. The van der Waals surface area contributed by atoms with Crippen molar-refractivity contribution in [3.8, 4) is 0 Å². The first-order valence-corrected chi connectivity index (χ1v) is 19.5. The Kier molecular flexibility index (Phi) is 12.0. The van der Waals surface area contributed by atoms with Gasteiger partial charge in [-0.25, -0.2) is 0 Å². The van der Waals surface area contributed by atoms with E-state index < -0.39 is 74.1 Å². The second kappa shape index (κ2) is 15.4. The molecule has 6 fully saturated rings. The van der Waals surface area contributed by atoms with Crippen LogP contribution in [0.4, 0.5) is 0 Å². The summed E-state index contributed by atoms with van der Waals surface area (Å²) in [6.07, 6.45) is -8.19. The van der Waals surface area contributed by atoms with E-state index in [9.17, 15) is 45.6 Å². The Morgan fingerprint density at radius 3 is 2.22 bits per heavy atom. The normalized spacial score (nSPS) is 51.5. The molecular formula is C38H64O13. The van der Waals surface area contributed by atoms with Crippen LogP contribution < -0.4 is 0 Å². The average Bonchev–Trinajstić information content (AvgIpc) is 3.44. The predicted octanol–water partition coefficient (Wildman–Crippen LogP) is 0.877. The van der Waals surface area contributed by atoms with E-state index in [0.717, 1.165) is 32.1 Å². The first-order valence-electron chi connectivity index (χ1n) is 19.5. The number of fused-ring (bicyclic) bond motifs is 5. The minimum atomic E-state index is -1.71. The zero-order chi connectivity index (χ0) is 37.2. The molecule has 2 saturated heterocycles. The van der Waals surface area contributed by atoms with Gasteiger partial charge in [-0.3, -0.25) is 4.79 Å². The lowest BCUT2D eigenvalue weighted by Gasteiger charge is -2.61. The number of hydrogen-bond donors (Lipinski definition) is 8. The maximum atomic E-state index is 13.7. The van der Waals surface area contributed by atoms with Crippen molar-refractivity contribution in [2.75, 3.05) is 13.2 Å². The Bertz CT molecular complexity index is 1200. The van der Waals surface area contributed by atoms with Crippen molar-refractivity contribution < 1.29 is 64.6 Å². The molecule has 13 heteroatoms. The number of Topliss-reactive ketones (excluding diaryl/α,β-unsaturated/α-hetero) is 1. The maximum absolute atomic E-state index is 13.7. The lowest BCUT2D eigenvalue weighted by atomic mass is 9.44. The van der Waals surface area contributed by atoms with Gasteiger partial charge in [-0.2, -0.15) is 0 Å². The molecule has 20 atom stereocenters. The number of ether oxygens (including phenoxy) is 4. The molecule has 2 heterocycles. The van der Waals surface area contributed by atoms with Crippen molar-refractivity contribution in [3.05, 3.63) is 0 Å². The van der Waals surface area contributed by atoms with Crippen LogP contribution in [0.3, 0.4) is 0 Å². The maximum Gasteiger partial charge on any atom is 0.187 e. The summed E-state index contributed by atoms with van der Waals surface area (Å²) in [5.74, 6) is 1.59. The van der Waals surface area contributed by atoms with Crippen molar-refractivity contribution in [2.24, 2.45) is 52.3 Å². The summed E-state index contributed by atoms with van der Waals surface area (Å²) in [5.41, 5.74) is -0.377. The van der Waals surface area contributed by atoms with E-state index in [1.807, 2.05) is 0 Å². The predicted molar refractivity (Wildman–Crippen MR) is 182 cm³/mol. The molecule has 4 aliphatic carbocycles. The van der Waals surface area contributed by atoms with E-state index in [2.05, 4.69) is 34.6 Å². The Morgan fingerprint density at radius 2 is 1.53 bits per heavy atom. The second-order valence-corrected chi connectivity index (χ2v) is 18.0. The summed E-state index contributed by atoms with van der Waals surface area (Å²) in [4.78, 5) is 13.7. The Labute approximate surface area is 301 Å². The van der Waals surface area contributed by atoms with Crippen molar-refractivity contribution in [1.82, 2.24) is 0 Å². The molecule has 8 N–H and O–H groups in total. The second-order valence-electron chi connectivity index (χ2n) is 18.0. The molecule has 0 amide bonds. The van der Waals surface area contributed by atoms with E-state index >= 15 is 0 Å². The quantitative estimate of drug-likeness (QED) is 0.157. The van der Waals surface area contributed by atoms with Crippen LogP contribution in [0.5, 0.6) is 0 Å². The van der Waals surface area contributed by atoms with Crippen LogP contribution in [0.15, 0.2) is 0 Å². The van der Waals surface area contributed by atoms with Crippen LogP contribution in [0.25, 0.3) is 0 Å². The third-order valence-electron chi connectivity index (χ3n) is 14.7. The first kappa shape index (κ1) is 39.9. The largest absolute Gasteiger partial charge is 0.394 e. The van der Waals surface area contributed by atoms with Crippen LogP contribution in [0.2, 0.25) is 0 Å². The van der Waals surface area contributed by atoms with E-state index in [4.69, 9.17) is 18.9 Å². The molecular weight excluding hydrogens is 664 g/mol. The standard InChI is InChI=1S/C38H64O13/c1-17(2)6-9-28(49-36-34(30(44)27(43)16-48-36)51-35-33(47)32(46)31(45)29(15-39)50-35)18(3)20-7-8-21-19-12-24(40)23-13-25(41)26(42)14-38(23,5)22(19)10-11-37(20,21)4/h17-23,25-36,39,41-47H,6-16H2,1-5H3/t18-,19+,20+,21-,22+,23-,25+,26+,27-,28+,29+,30-,31+,32-,33+,34+,35+,36-,37+,38+/m0/s1. The zero-order valence-corrected chi connectivity index (χ0v) is 30.9. The Morgan fingerprint density at radius 1 is 0.824 bits per heavy atom. The molecule has 0 aromatic rings. The molecule has 13 nitrogen and oxygen atoms in total. The first-order chi connectivity index (χ1) is 24.0. The van der Waals surface area contributed by atoms with Gasteiger partial charge in [0, 0.05) is 12.3 Å². The van der Waals surface area contributed by atoms with Gasteiger partial charge in [0.1, 0.15) is 48.5 Å². The number of hydrogen-bond acceptors (Lipinski definition) is 13. The van der Waals surface area contributed by atoms with Gasteiger partial charge in [0.15, 0.2) is 12.6 Å². The monoisotopic (exact) mass is 728 g/mol. The Hall–Kier alpha value is -0.810. The third kappa shape index (κ3) is 7.22. The third-order valence-corrected chi connectivity index (χ3v) is 14.7. The van der Waals surface area contributed by atoms with Gasteiger partial charge in [-0.1, -0.05) is 34.6 Å². The highest BCUT2D eigenvalue weighted by Crippen LogP contribution is 2.68. The topological polar surface area (TPSA) is 216 Å². The summed E-state index contributed by atoms with van der Waals surface area (Å²) in [6, 6.07) is 0. The number of ketones is 1. The summed E-state index contributed by atoms with van der Waals surface area (Å²) in [5, 5.41) is 83.8. The SMILES string of the molecule is CC(C)CC[C@@H](O[C@@H]1OC[C@H](O)[C@H](O)[C@H]1O[C@H]1O[C@H](CO)[C@@H](O)[C@H](O)[C@H]1O)[C@@H](C)[C@H]1CC[C@H]2[C@H]3CC(=O)[C@@H]4C[C@@H](O)[C@H](O)C[C@]4(C)[C@@H]3CC[C@]12C. The molecule has 0 spiro atoms. The fraction of sp³-hybridized carbons (Fsp3) is 0.974. The van der Waals surface area contributed by atoms with Crippen LogP contribution in [-0.4, -0.2) is 133 Å². The van der Waals surface area contributed by atoms with E-state index in [1.165, 1.54) is 0 Å². The van der Waals surface area contributed by atoms with Gasteiger partial charge in [0.25, 0.3) is 0 Å². The summed E-state index contributed by atoms with van der Waals surface area (Å²) in [6.45, 7) is 10.2. The molecule has 6 rings (SSSR count). The molecule has 294 valence electrons. The van der Waals surface area contributed by atoms with E-state index in [0.29, 0.717) is 43.4 Å². The molecule has 0 radical (unpaired) electrons. The fourth-order valence-corrected chi connectivity index (χ4v) is 11.7.